The second kappa shape index (κ2) is 10.7. The SMILES string of the molecule is CC1=Cc2c(cccc2[Si](C)(C)C)[CH]1[Ti+2]([CH]1C(C)=Cc2c1cccc2[Si](C)(C)C)=[Si](C)C.[Cl-].[Cl-]. The van der Waals surface area contributed by atoms with E-state index in [-0.39, 0.29) is 31.0 Å². The molecule has 0 fully saturated rings. The minimum atomic E-state index is -1.52. The van der Waals surface area contributed by atoms with Gasteiger partial charge in [-0.1, -0.05) is 0 Å². The smallest absolute Gasteiger partial charge is 1.00 e. The van der Waals surface area contributed by atoms with Gasteiger partial charge < -0.3 is 24.8 Å². The molecule has 2 unspecified atom stereocenters. The minimum Gasteiger partial charge on any atom is -1.00 e. The maximum Gasteiger partial charge on any atom is -1.00 e. The number of rotatable bonds is 4. The standard InChI is InChI=1S/2C13H17Si.C2H6Si.2ClH.Ti/c2*1-10-8-11-6-5-7-13(12(11)9-10)14(2,3)4;1-3-2;;;/h2*5-9H,1-4H3;1-2H3;2*1H;/q;;;;;+2/p-2. The van der Waals surface area contributed by atoms with Gasteiger partial charge >= 0.3 is 206 Å². The van der Waals surface area contributed by atoms with Crippen molar-refractivity contribution in [3.63, 3.8) is 0 Å². The predicted octanol–water partition coefficient (Wildman–Crippen LogP) is 1.27. The van der Waals surface area contributed by atoms with Crippen molar-refractivity contribution in [2.45, 2.75) is 74.7 Å². The van der Waals surface area contributed by atoms with Gasteiger partial charge in [-0.3, -0.25) is 0 Å². The fourth-order valence-electron chi connectivity index (χ4n) is 5.98. The predicted molar refractivity (Wildman–Crippen MR) is 149 cm³/mol. The molecule has 2 aromatic carbocycles. The van der Waals surface area contributed by atoms with Crippen LogP contribution in [0, 0.1) is 0 Å². The van der Waals surface area contributed by atoms with Gasteiger partial charge in [0.15, 0.2) is 0 Å². The molecule has 4 rings (SSSR count). The van der Waals surface area contributed by atoms with E-state index in [4.69, 9.17) is 0 Å². The first-order valence-electron chi connectivity index (χ1n) is 12.1. The van der Waals surface area contributed by atoms with Gasteiger partial charge in [-0.05, 0) is 0 Å². The Bertz CT molecular complexity index is 1110. The zero-order valence-electron chi connectivity index (χ0n) is 22.5. The van der Waals surface area contributed by atoms with E-state index >= 15 is 0 Å². The van der Waals surface area contributed by atoms with E-state index in [0.717, 1.165) is 8.45 Å². The summed E-state index contributed by atoms with van der Waals surface area (Å²) in [6.45, 7) is 25.2. The Morgan fingerprint density at radius 2 is 1.00 bits per heavy atom. The van der Waals surface area contributed by atoms with Gasteiger partial charge in [0.05, 0.1) is 0 Å². The first-order chi connectivity index (χ1) is 14.8. The number of fused-ring (bicyclic) bond motifs is 2. The minimum absolute atomic E-state index is 0. The molecular weight excluding hydrogens is 539 g/mol. The zero-order valence-corrected chi connectivity index (χ0v) is 28.6. The van der Waals surface area contributed by atoms with E-state index in [1.165, 1.54) is 0 Å². The largest absolute Gasteiger partial charge is 1.00 e. The quantitative estimate of drug-likeness (QED) is 0.479. The van der Waals surface area contributed by atoms with Gasteiger partial charge in [-0.2, -0.15) is 0 Å². The van der Waals surface area contributed by atoms with Crippen LogP contribution in [-0.4, -0.2) is 22.3 Å². The number of hydrogen-bond donors (Lipinski definition) is 0. The molecular formula is C28H40Cl2Si3Ti. The Balaban J connectivity index is 0.00000204. The Morgan fingerprint density at radius 3 is 1.29 bits per heavy atom. The Morgan fingerprint density at radius 1 is 0.647 bits per heavy atom. The number of benzene rings is 2. The van der Waals surface area contributed by atoms with Crippen LogP contribution in [0.4, 0.5) is 0 Å². The molecule has 0 radical (unpaired) electrons. The molecule has 0 amide bonds. The molecule has 0 N–H and O–H groups in total. The third-order valence-corrected chi connectivity index (χ3v) is 24.8. The van der Waals surface area contributed by atoms with Gasteiger partial charge in [-0.15, -0.1) is 0 Å². The summed E-state index contributed by atoms with van der Waals surface area (Å²) < 4.78 is 1.44. The van der Waals surface area contributed by atoms with E-state index in [9.17, 15) is 0 Å². The second-order valence-electron chi connectivity index (χ2n) is 12.2. The Kier molecular flexibility index (Phi) is 9.46. The van der Waals surface area contributed by atoms with Gasteiger partial charge in [-0.25, -0.2) is 0 Å². The fourth-order valence-corrected chi connectivity index (χ4v) is 23.1. The fraction of sp³-hybridized carbons (Fsp3) is 0.429. The summed E-state index contributed by atoms with van der Waals surface area (Å²) in [6.07, 6.45) is 4.82. The third-order valence-electron chi connectivity index (χ3n) is 7.37. The summed E-state index contributed by atoms with van der Waals surface area (Å²) in [5, 5.41) is 3.32. The third kappa shape index (κ3) is 5.27. The van der Waals surface area contributed by atoms with E-state index in [1.807, 2.05) is 0 Å². The summed E-state index contributed by atoms with van der Waals surface area (Å²) >= 11 is -1.52. The van der Waals surface area contributed by atoms with Crippen LogP contribution in [0.25, 0.3) is 12.2 Å². The molecule has 0 saturated carbocycles. The Labute approximate surface area is 229 Å². The summed E-state index contributed by atoms with van der Waals surface area (Å²) in [5.41, 5.74) is 9.91. The second-order valence-corrected chi connectivity index (χ2v) is 34.6. The number of halogens is 2. The molecule has 6 heteroatoms. The number of hydrogen-bond acceptors (Lipinski definition) is 0. The molecule has 182 valence electrons. The van der Waals surface area contributed by atoms with E-state index < -0.39 is 32.8 Å². The van der Waals surface area contributed by atoms with Crippen LogP contribution in [0.5, 0.6) is 0 Å². The van der Waals surface area contributed by atoms with Crippen molar-refractivity contribution in [2.24, 2.45) is 0 Å². The maximum atomic E-state index is 2.63. The normalized spacial score (nSPS) is 18.5. The monoisotopic (exact) mass is 578 g/mol. The average molecular weight is 580 g/mol. The first kappa shape index (κ1) is 30.1. The molecule has 34 heavy (non-hydrogen) atoms. The van der Waals surface area contributed by atoms with E-state index in [2.05, 4.69) is 115 Å². The van der Waals surface area contributed by atoms with Crippen LogP contribution >= 0.6 is 0 Å². The molecule has 0 nitrogen and oxygen atoms in total. The average Bonchev–Trinajstić information content (AvgIpc) is 3.17. The van der Waals surface area contributed by atoms with Gasteiger partial charge in [0.2, 0.25) is 0 Å². The molecule has 0 saturated heterocycles. The maximum absolute atomic E-state index is 2.63. The van der Waals surface area contributed by atoms with Crippen molar-refractivity contribution in [1.82, 2.24) is 0 Å². The molecule has 0 bridgehead atoms. The summed E-state index contributed by atoms with van der Waals surface area (Å²) in [4.78, 5) is 0. The molecule has 2 aromatic rings. The summed E-state index contributed by atoms with van der Waals surface area (Å²) in [6, 6.07) is 14.6. The van der Waals surface area contributed by atoms with Crippen LogP contribution in [0.1, 0.15) is 44.5 Å². The van der Waals surface area contributed by atoms with Crippen molar-refractivity contribution >= 4 is 44.9 Å². The van der Waals surface area contributed by atoms with Gasteiger partial charge in [0, 0.05) is 0 Å². The van der Waals surface area contributed by atoms with Crippen LogP contribution in [-0.2, 0) is 16.6 Å². The molecule has 0 heterocycles. The van der Waals surface area contributed by atoms with E-state index in [0.29, 0.717) is 0 Å². The first-order valence-corrected chi connectivity index (χ1v) is 25.8. The van der Waals surface area contributed by atoms with Crippen molar-refractivity contribution < 1.29 is 41.4 Å². The van der Waals surface area contributed by atoms with Crippen LogP contribution in [0.3, 0.4) is 0 Å². The van der Waals surface area contributed by atoms with Crippen molar-refractivity contribution in [1.29, 1.82) is 0 Å². The van der Waals surface area contributed by atoms with Crippen molar-refractivity contribution in [3.05, 3.63) is 69.8 Å². The number of allylic oxidation sites excluding steroid dienone is 2. The molecule has 0 aromatic heterocycles. The molecule has 2 aliphatic rings. The molecule has 2 aliphatic carbocycles. The molecule has 0 aliphatic heterocycles. The van der Waals surface area contributed by atoms with E-state index in [1.54, 1.807) is 43.8 Å². The Hall–Kier alpha value is -0.135. The van der Waals surface area contributed by atoms with Crippen LogP contribution in [0.2, 0.25) is 52.4 Å². The summed E-state index contributed by atoms with van der Waals surface area (Å²) in [7, 11) is -2.73. The summed E-state index contributed by atoms with van der Waals surface area (Å²) in [5.74, 6) is 0. The van der Waals surface area contributed by atoms with Crippen LogP contribution in [0.15, 0.2) is 47.5 Å². The van der Waals surface area contributed by atoms with Crippen molar-refractivity contribution in [3.8, 4) is 0 Å². The van der Waals surface area contributed by atoms with Crippen molar-refractivity contribution in [2.75, 3.05) is 0 Å². The van der Waals surface area contributed by atoms with Gasteiger partial charge in [0.25, 0.3) is 0 Å². The molecule has 2 atom stereocenters. The molecule has 0 spiro atoms. The van der Waals surface area contributed by atoms with Gasteiger partial charge in [0.1, 0.15) is 0 Å². The topological polar surface area (TPSA) is 0 Å². The zero-order chi connectivity index (χ0) is 23.6. The van der Waals surface area contributed by atoms with Crippen LogP contribution < -0.4 is 35.2 Å².